The number of nitrogens with zero attached hydrogens (tertiary/aromatic N) is 3. The van der Waals surface area contributed by atoms with Crippen molar-refractivity contribution in [2.75, 3.05) is 0 Å². The van der Waals surface area contributed by atoms with E-state index < -0.39 is 4.92 Å². The van der Waals surface area contributed by atoms with Gasteiger partial charge in [0.25, 0.3) is 5.69 Å². The molecule has 0 radical (unpaired) electrons. The van der Waals surface area contributed by atoms with Gasteiger partial charge in [-0.1, -0.05) is 46.3 Å². The van der Waals surface area contributed by atoms with Crippen LogP contribution in [0.1, 0.15) is 0 Å². The molecule has 3 aromatic rings. The molecule has 0 fully saturated rings. The summed E-state index contributed by atoms with van der Waals surface area (Å²) >= 11 is 3.49. The van der Waals surface area contributed by atoms with Gasteiger partial charge in [-0.3, -0.25) is 10.1 Å². The van der Waals surface area contributed by atoms with Gasteiger partial charge in [0.15, 0.2) is 0 Å². The van der Waals surface area contributed by atoms with E-state index in [0.29, 0.717) is 5.69 Å². The standard InChI is InChI=1S/C15H10BrN3O2/c16-13-6-2-1-5-12(13)11-9-17-18(10-11)14-7-3-4-8-15(14)19(20)21/h1-10H. The van der Waals surface area contributed by atoms with Crippen LogP contribution in [0.3, 0.4) is 0 Å². The van der Waals surface area contributed by atoms with Crippen LogP contribution in [0.15, 0.2) is 65.4 Å². The molecular weight excluding hydrogens is 334 g/mol. The van der Waals surface area contributed by atoms with Crippen molar-refractivity contribution in [3.8, 4) is 16.8 Å². The van der Waals surface area contributed by atoms with Crippen molar-refractivity contribution >= 4 is 21.6 Å². The summed E-state index contributed by atoms with van der Waals surface area (Å²) in [6.07, 6.45) is 3.47. The second-order valence-electron chi connectivity index (χ2n) is 4.40. The minimum Gasteiger partial charge on any atom is -0.258 e. The summed E-state index contributed by atoms with van der Waals surface area (Å²) < 4.78 is 2.47. The maximum Gasteiger partial charge on any atom is 0.294 e. The van der Waals surface area contributed by atoms with E-state index in [-0.39, 0.29) is 5.69 Å². The van der Waals surface area contributed by atoms with Gasteiger partial charge in [-0.25, -0.2) is 4.68 Å². The first kappa shape index (κ1) is 13.5. The largest absolute Gasteiger partial charge is 0.294 e. The van der Waals surface area contributed by atoms with E-state index in [1.807, 2.05) is 24.3 Å². The second kappa shape index (κ2) is 5.49. The molecule has 0 spiro atoms. The molecule has 1 heterocycles. The molecule has 0 aliphatic heterocycles. The van der Waals surface area contributed by atoms with Crippen LogP contribution >= 0.6 is 15.9 Å². The van der Waals surface area contributed by atoms with E-state index in [1.54, 1.807) is 30.6 Å². The molecule has 0 amide bonds. The first-order valence-electron chi connectivity index (χ1n) is 6.20. The third-order valence-corrected chi connectivity index (χ3v) is 3.78. The predicted molar refractivity (Wildman–Crippen MR) is 83.4 cm³/mol. The van der Waals surface area contributed by atoms with Gasteiger partial charge in [0, 0.05) is 22.3 Å². The molecule has 6 heteroatoms. The molecule has 104 valence electrons. The number of rotatable bonds is 3. The van der Waals surface area contributed by atoms with Crippen LogP contribution in [0.25, 0.3) is 16.8 Å². The van der Waals surface area contributed by atoms with Crippen molar-refractivity contribution in [3.63, 3.8) is 0 Å². The summed E-state index contributed by atoms with van der Waals surface area (Å²) in [6, 6.07) is 14.3. The lowest BCUT2D eigenvalue weighted by atomic mass is 10.1. The zero-order valence-electron chi connectivity index (χ0n) is 10.8. The maximum atomic E-state index is 11.1. The fourth-order valence-electron chi connectivity index (χ4n) is 2.10. The lowest BCUT2D eigenvalue weighted by molar-refractivity contribution is -0.384. The first-order chi connectivity index (χ1) is 10.2. The smallest absolute Gasteiger partial charge is 0.258 e. The normalized spacial score (nSPS) is 10.5. The number of hydrogen-bond acceptors (Lipinski definition) is 3. The average Bonchev–Trinajstić information content (AvgIpc) is 2.97. The van der Waals surface area contributed by atoms with Crippen LogP contribution < -0.4 is 0 Å². The molecule has 0 atom stereocenters. The molecule has 0 N–H and O–H groups in total. The monoisotopic (exact) mass is 343 g/mol. The summed E-state index contributed by atoms with van der Waals surface area (Å²) in [6.45, 7) is 0. The summed E-state index contributed by atoms with van der Waals surface area (Å²) in [4.78, 5) is 10.7. The Bertz CT molecular complexity index is 814. The zero-order chi connectivity index (χ0) is 14.8. The Hall–Kier alpha value is -2.47. The predicted octanol–water partition coefficient (Wildman–Crippen LogP) is 4.21. The van der Waals surface area contributed by atoms with E-state index in [4.69, 9.17) is 0 Å². The Labute approximate surface area is 129 Å². The molecule has 0 saturated heterocycles. The van der Waals surface area contributed by atoms with E-state index in [1.165, 1.54) is 10.7 Å². The highest BCUT2D eigenvalue weighted by Crippen LogP contribution is 2.29. The SMILES string of the molecule is O=[N+]([O-])c1ccccc1-n1cc(-c2ccccc2Br)cn1. The number of benzene rings is 2. The van der Waals surface area contributed by atoms with Crippen LogP contribution in [-0.2, 0) is 0 Å². The molecule has 1 aromatic heterocycles. The molecular formula is C15H10BrN3O2. The number of nitro benzene ring substituents is 1. The molecule has 0 saturated carbocycles. The molecule has 5 nitrogen and oxygen atoms in total. The fraction of sp³-hybridized carbons (Fsp3) is 0. The Morgan fingerprint density at radius 3 is 2.57 bits per heavy atom. The van der Waals surface area contributed by atoms with Gasteiger partial charge in [0.05, 0.1) is 11.1 Å². The van der Waals surface area contributed by atoms with Crippen LogP contribution in [0.5, 0.6) is 0 Å². The van der Waals surface area contributed by atoms with E-state index >= 15 is 0 Å². The Kier molecular flexibility index (Phi) is 3.53. The van der Waals surface area contributed by atoms with Gasteiger partial charge in [0.1, 0.15) is 5.69 Å². The first-order valence-corrected chi connectivity index (χ1v) is 6.99. The van der Waals surface area contributed by atoms with Crippen molar-refractivity contribution in [3.05, 3.63) is 75.5 Å². The highest BCUT2D eigenvalue weighted by molar-refractivity contribution is 9.10. The summed E-state index contributed by atoms with van der Waals surface area (Å²) in [5, 5.41) is 15.3. The van der Waals surface area contributed by atoms with Crippen LogP contribution in [-0.4, -0.2) is 14.7 Å². The third-order valence-electron chi connectivity index (χ3n) is 3.09. The maximum absolute atomic E-state index is 11.1. The van der Waals surface area contributed by atoms with Gasteiger partial charge in [0.2, 0.25) is 0 Å². The lowest BCUT2D eigenvalue weighted by Gasteiger charge is -2.02. The highest BCUT2D eigenvalue weighted by Gasteiger charge is 2.15. The Morgan fingerprint density at radius 1 is 1.10 bits per heavy atom. The Balaban J connectivity index is 2.08. The van der Waals surface area contributed by atoms with Crippen LogP contribution in [0.4, 0.5) is 5.69 Å². The number of hydrogen-bond donors (Lipinski definition) is 0. The summed E-state index contributed by atoms with van der Waals surface area (Å²) in [5.41, 5.74) is 2.35. The Morgan fingerprint density at radius 2 is 1.81 bits per heavy atom. The molecule has 0 unspecified atom stereocenters. The highest BCUT2D eigenvalue weighted by atomic mass is 79.9. The quantitative estimate of drug-likeness (QED) is 0.528. The van der Waals surface area contributed by atoms with E-state index in [0.717, 1.165) is 15.6 Å². The topological polar surface area (TPSA) is 61.0 Å². The fourth-order valence-corrected chi connectivity index (χ4v) is 2.61. The minimum atomic E-state index is -0.408. The summed E-state index contributed by atoms with van der Waals surface area (Å²) in [5.74, 6) is 0. The number of para-hydroxylation sites is 2. The van der Waals surface area contributed by atoms with Gasteiger partial charge >= 0.3 is 0 Å². The van der Waals surface area contributed by atoms with Crippen molar-refractivity contribution in [2.45, 2.75) is 0 Å². The summed E-state index contributed by atoms with van der Waals surface area (Å²) in [7, 11) is 0. The zero-order valence-corrected chi connectivity index (χ0v) is 12.4. The van der Waals surface area contributed by atoms with Crippen molar-refractivity contribution < 1.29 is 4.92 Å². The second-order valence-corrected chi connectivity index (χ2v) is 5.25. The van der Waals surface area contributed by atoms with Crippen molar-refractivity contribution in [2.24, 2.45) is 0 Å². The van der Waals surface area contributed by atoms with Gasteiger partial charge < -0.3 is 0 Å². The number of halogens is 1. The molecule has 0 aliphatic carbocycles. The number of aromatic nitrogens is 2. The van der Waals surface area contributed by atoms with Gasteiger partial charge in [-0.2, -0.15) is 5.10 Å². The third kappa shape index (κ3) is 2.57. The molecule has 0 bridgehead atoms. The van der Waals surface area contributed by atoms with Crippen molar-refractivity contribution in [1.29, 1.82) is 0 Å². The molecule has 21 heavy (non-hydrogen) atoms. The molecule has 2 aromatic carbocycles. The van der Waals surface area contributed by atoms with E-state index in [9.17, 15) is 10.1 Å². The minimum absolute atomic E-state index is 0.0271. The van der Waals surface area contributed by atoms with Crippen molar-refractivity contribution in [1.82, 2.24) is 9.78 Å². The number of nitro groups is 1. The van der Waals surface area contributed by atoms with Crippen LogP contribution in [0, 0.1) is 10.1 Å². The average molecular weight is 344 g/mol. The van der Waals surface area contributed by atoms with E-state index in [2.05, 4.69) is 21.0 Å². The molecule has 0 aliphatic rings. The molecule has 3 rings (SSSR count). The van der Waals surface area contributed by atoms with Gasteiger partial charge in [-0.15, -0.1) is 0 Å². The van der Waals surface area contributed by atoms with Gasteiger partial charge in [-0.05, 0) is 17.7 Å². The van der Waals surface area contributed by atoms with Crippen LogP contribution in [0.2, 0.25) is 0 Å². The lowest BCUT2D eigenvalue weighted by Crippen LogP contribution is -1.99.